The lowest BCUT2D eigenvalue weighted by Gasteiger charge is -2.18. The minimum Gasteiger partial charge on any atom is -0.480 e. The van der Waals surface area contributed by atoms with Crippen molar-refractivity contribution in [3.05, 3.63) is 119 Å². The Hall–Kier alpha value is -5.88. The first-order valence-electron chi connectivity index (χ1n) is 18.3. The Balaban J connectivity index is 0.000000384. The highest BCUT2D eigenvalue weighted by Gasteiger charge is 2.25. The van der Waals surface area contributed by atoms with Crippen LogP contribution in [0, 0.1) is 35.2 Å². The van der Waals surface area contributed by atoms with Gasteiger partial charge in [0.2, 0.25) is 11.9 Å². The highest BCUT2D eigenvalue weighted by Crippen LogP contribution is 2.22. The van der Waals surface area contributed by atoms with Gasteiger partial charge >= 0.3 is 0 Å². The smallest absolute Gasteiger partial charge is 0.256 e. The minimum atomic E-state index is -1.03. The molecule has 4 aromatic rings. The number of carbonyl (C=O) groups excluding carboxylic acids is 4. The number of hydrogen-bond donors (Lipinski definition) is 4. The van der Waals surface area contributed by atoms with Gasteiger partial charge in [0.05, 0.1) is 17.6 Å². The largest absolute Gasteiger partial charge is 0.480 e. The van der Waals surface area contributed by atoms with E-state index in [2.05, 4.69) is 20.6 Å². The molecule has 0 fully saturated rings. The molecule has 2 heterocycles. The van der Waals surface area contributed by atoms with Crippen LogP contribution >= 0.6 is 0 Å². The number of nitrogens with two attached hydrogens (primary N) is 2. The molecule has 58 heavy (non-hydrogen) atoms. The van der Waals surface area contributed by atoms with Gasteiger partial charge < -0.3 is 31.6 Å². The third-order valence-electron chi connectivity index (χ3n) is 7.83. The summed E-state index contributed by atoms with van der Waals surface area (Å²) in [5.41, 5.74) is 10.5. The molecule has 18 heteroatoms. The second-order valence-corrected chi connectivity index (χ2v) is 11.9. The molecule has 314 valence electrons. The average molecular weight is 821 g/mol. The summed E-state index contributed by atoms with van der Waals surface area (Å²) < 4.78 is 91.3. The number of Topliss-reactive ketones (excluding diaryl/α,β-unsaturated/α-hetero) is 2. The number of nitrogens with one attached hydrogen (secondary N) is 2. The van der Waals surface area contributed by atoms with Crippen LogP contribution in [0.15, 0.2) is 73.1 Å². The van der Waals surface area contributed by atoms with E-state index in [1.54, 1.807) is 0 Å². The van der Waals surface area contributed by atoms with Crippen LogP contribution in [0.4, 0.5) is 26.3 Å². The van der Waals surface area contributed by atoms with Crippen molar-refractivity contribution in [1.82, 2.24) is 20.6 Å². The number of aromatic nitrogens is 2. The van der Waals surface area contributed by atoms with Crippen molar-refractivity contribution in [3.63, 3.8) is 0 Å². The van der Waals surface area contributed by atoms with Crippen molar-refractivity contribution in [2.45, 2.75) is 64.5 Å². The molecule has 2 amide bonds. The Kier molecular flexibility index (Phi) is 21.7. The predicted molar refractivity (Wildman–Crippen MR) is 202 cm³/mol. The third-order valence-corrected chi connectivity index (χ3v) is 7.83. The third kappa shape index (κ3) is 15.9. The summed E-state index contributed by atoms with van der Waals surface area (Å²) in [7, 11) is 0. The van der Waals surface area contributed by atoms with Gasteiger partial charge in [-0.05, 0) is 94.1 Å². The zero-order valence-electron chi connectivity index (χ0n) is 31.9. The van der Waals surface area contributed by atoms with Crippen molar-refractivity contribution in [3.8, 4) is 11.5 Å². The fourth-order valence-corrected chi connectivity index (χ4v) is 4.92. The number of benzene rings is 2. The van der Waals surface area contributed by atoms with Gasteiger partial charge in [-0.15, -0.1) is 0 Å². The number of hydrogen-bond acceptors (Lipinski definition) is 10. The van der Waals surface area contributed by atoms with E-state index >= 15 is 0 Å². The van der Waals surface area contributed by atoms with E-state index in [9.17, 15) is 45.5 Å². The zero-order chi connectivity index (χ0) is 43.0. The van der Waals surface area contributed by atoms with E-state index < -0.39 is 95.3 Å². The topological polar surface area (TPSA) is 189 Å². The van der Waals surface area contributed by atoms with Gasteiger partial charge in [-0.3, -0.25) is 19.2 Å². The number of carbonyl (C=O) groups is 4. The number of ketones is 2. The van der Waals surface area contributed by atoms with Crippen LogP contribution in [-0.2, 0) is 9.59 Å². The average Bonchev–Trinajstić information content (AvgIpc) is 3.20. The molecule has 6 N–H and O–H groups in total. The number of ether oxygens (including phenoxy) is 2. The molecule has 4 rings (SSSR count). The number of rotatable bonds is 20. The van der Waals surface area contributed by atoms with Gasteiger partial charge in [0, 0.05) is 24.0 Å². The maximum absolute atomic E-state index is 13.7. The fraction of sp³-hybridized carbons (Fsp3) is 0.350. The van der Waals surface area contributed by atoms with Gasteiger partial charge in [0.1, 0.15) is 13.2 Å². The van der Waals surface area contributed by atoms with Crippen LogP contribution in [0.1, 0.15) is 73.1 Å². The van der Waals surface area contributed by atoms with E-state index in [-0.39, 0.29) is 24.0 Å². The number of unbranched alkanes of at least 4 members (excludes halogenated alkanes) is 2. The van der Waals surface area contributed by atoms with Gasteiger partial charge in [-0.1, -0.05) is 26.0 Å². The molecule has 2 unspecified atom stereocenters. The van der Waals surface area contributed by atoms with E-state index in [1.165, 1.54) is 30.5 Å². The first kappa shape index (κ1) is 48.3. The van der Waals surface area contributed by atoms with Crippen LogP contribution in [0.3, 0.4) is 0 Å². The van der Waals surface area contributed by atoms with Crippen molar-refractivity contribution in [2.24, 2.45) is 11.5 Å². The summed E-state index contributed by atoms with van der Waals surface area (Å²) >= 11 is 0. The summed E-state index contributed by atoms with van der Waals surface area (Å²) in [6.45, 7) is 3.49. The normalized spacial score (nSPS) is 11.4. The Morgan fingerprint density at radius 3 is 1.52 bits per heavy atom. The SMILES string of the molecule is CC.NCCCCC(NC(=O)c1cccnc1F)C(=O)COc1c(F)cccc1F.NCCCCC(NC(=O)c1ccnc(F)c1)C(=O)COc1c(F)cccc1F. The summed E-state index contributed by atoms with van der Waals surface area (Å²) in [6, 6.07) is 9.15. The van der Waals surface area contributed by atoms with Crippen LogP contribution < -0.4 is 31.6 Å². The van der Waals surface area contributed by atoms with E-state index in [0.717, 1.165) is 42.6 Å². The van der Waals surface area contributed by atoms with E-state index in [1.807, 2.05) is 13.8 Å². The van der Waals surface area contributed by atoms with Crippen molar-refractivity contribution in [1.29, 1.82) is 0 Å². The fourth-order valence-electron chi connectivity index (χ4n) is 4.92. The summed E-state index contributed by atoms with van der Waals surface area (Å²) in [4.78, 5) is 56.2. The van der Waals surface area contributed by atoms with Crippen molar-refractivity contribution < 1.29 is 55.0 Å². The van der Waals surface area contributed by atoms with Crippen LogP contribution in [0.5, 0.6) is 11.5 Å². The molecule has 0 saturated carbocycles. The minimum absolute atomic E-state index is 0.00908. The number of halogens is 6. The van der Waals surface area contributed by atoms with Gasteiger partial charge in [0.15, 0.2) is 46.3 Å². The Bertz CT molecular complexity index is 1900. The molecule has 0 bridgehead atoms. The Morgan fingerprint density at radius 2 is 1.09 bits per heavy atom. The first-order valence-corrected chi connectivity index (χ1v) is 18.3. The molecule has 0 spiro atoms. The van der Waals surface area contributed by atoms with Crippen molar-refractivity contribution >= 4 is 23.4 Å². The van der Waals surface area contributed by atoms with Crippen LogP contribution in [0.2, 0.25) is 0 Å². The monoisotopic (exact) mass is 820 g/mol. The molecule has 0 aliphatic rings. The van der Waals surface area contributed by atoms with Gasteiger partial charge in [-0.2, -0.15) is 8.78 Å². The molecular weight excluding hydrogens is 774 g/mol. The lowest BCUT2D eigenvalue weighted by atomic mass is 10.0. The lowest BCUT2D eigenvalue weighted by molar-refractivity contribution is -0.123. The van der Waals surface area contributed by atoms with E-state index in [0.29, 0.717) is 38.8 Å². The molecule has 0 radical (unpaired) electrons. The second-order valence-electron chi connectivity index (χ2n) is 11.9. The number of amides is 2. The number of nitrogens with zero attached hydrogens (tertiary/aromatic N) is 2. The number of para-hydroxylation sites is 2. The maximum atomic E-state index is 13.7. The molecule has 0 aliphatic heterocycles. The number of pyridine rings is 2. The summed E-state index contributed by atoms with van der Waals surface area (Å²) in [5.74, 6) is -9.64. The molecule has 0 aliphatic carbocycles. The Morgan fingerprint density at radius 1 is 0.621 bits per heavy atom. The van der Waals surface area contributed by atoms with E-state index in [4.69, 9.17) is 20.9 Å². The molecule has 0 saturated heterocycles. The van der Waals surface area contributed by atoms with Crippen LogP contribution in [0.25, 0.3) is 0 Å². The molecule has 2 aromatic carbocycles. The highest BCUT2D eigenvalue weighted by atomic mass is 19.2. The van der Waals surface area contributed by atoms with Crippen molar-refractivity contribution in [2.75, 3.05) is 26.3 Å². The second kappa shape index (κ2) is 26.1. The quantitative estimate of drug-likeness (QED) is 0.0484. The standard InChI is InChI=1S/2C19H20F3N3O3.C2H6/c20-13-6-3-7-14(21)17(13)28-11-16(26)15(8-1-2-9-23)25-19(27)12-5-4-10-24-18(12)22;20-13-4-3-5-14(21)18(13)28-11-16(26)15(6-1-2-8-23)25-19(27)12-7-9-24-17(22)10-12;1-2/h3-7,10,15H,1-2,8-9,11,23H2,(H,25,27);3-5,7,9-10,15H,1-2,6,8,11,23H2,(H,25,27);1-2H3. The molecule has 2 atom stereocenters. The predicted octanol–water partition coefficient (Wildman–Crippen LogP) is 5.78. The van der Waals surface area contributed by atoms with Gasteiger partial charge in [-0.25, -0.2) is 27.5 Å². The Labute approximate surface area is 331 Å². The molecule has 2 aromatic heterocycles. The zero-order valence-corrected chi connectivity index (χ0v) is 31.9. The first-order chi connectivity index (χ1) is 27.9. The summed E-state index contributed by atoms with van der Waals surface area (Å²) in [6.07, 6.45) is 5.04. The highest BCUT2D eigenvalue weighted by molar-refractivity contribution is 5.99. The maximum Gasteiger partial charge on any atom is 0.256 e. The van der Waals surface area contributed by atoms with Crippen LogP contribution in [-0.4, -0.2) is 71.7 Å². The van der Waals surface area contributed by atoms with Gasteiger partial charge in [0.25, 0.3) is 11.8 Å². The lowest BCUT2D eigenvalue weighted by Crippen LogP contribution is -2.43. The molecule has 12 nitrogen and oxygen atoms in total. The molecular formula is C40H46F6N6O6. The summed E-state index contributed by atoms with van der Waals surface area (Å²) in [5, 5.41) is 4.91.